The molecule has 3 aromatic rings. The monoisotopic (exact) mass is 462 g/mol. The second-order valence-corrected chi connectivity index (χ2v) is 9.62. The van der Waals surface area contributed by atoms with Gasteiger partial charge in [-0.2, -0.15) is 0 Å². The Hall–Kier alpha value is -2.54. The Balaban J connectivity index is 1.70. The van der Waals surface area contributed by atoms with E-state index in [-0.39, 0.29) is 17.2 Å². The van der Waals surface area contributed by atoms with Gasteiger partial charge in [-0.3, -0.25) is 9.10 Å². The SMILES string of the molecule is Cc1ccc(Cl)cc1NC(=O)Cc1ccc(N(C)S(=O)(=O)c2ccc(Cl)cc2)cc1. The molecule has 0 radical (unpaired) electrons. The lowest BCUT2D eigenvalue weighted by atomic mass is 10.1. The van der Waals surface area contributed by atoms with Crippen molar-refractivity contribution >= 4 is 50.5 Å². The molecule has 8 heteroatoms. The van der Waals surface area contributed by atoms with E-state index in [0.29, 0.717) is 21.4 Å². The van der Waals surface area contributed by atoms with Crippen LogP contribution >= 0.6 is 23.2 Å². The highest BCUT2D eigenvalue weighted by Crippen LogP contribution is 2.24. The van der Waals surface area contributed by atoms with Crippen molar-refractivity contribution in [3.63, 3.8) is 0 Å². The van der Waals surface area contributed by atoms with E-state index < -0.39 is 10.0 Å². The van der Waals surface area contributed by atoms with Crippen molar-refractivity contribution in [3.05, 3.63) is 87.9 Å². The minimum Gasteiger partial charge on any atom is -0.326 e. The first-order valence-corrected chi connectivity index (χ1v) is 11.3. The molecule has 3 aromatic carbocycles. The second-order valence-electron chi connectivity index (χ2n) is 6.78. The first kappa shape index (κ1) is 22.2. The molecule has 1 amide bonds. The predicted molar refractivity (Wildman–Crippen MR) is 122 cm³/mol. The molecule has 0 aromatic heterocycles. The summed E-state index contributed by atoms with van der Waals surface area (Å²) in [6.07, 6.45) is 0.153. The van der Waals surface area contributed by atoms with Crippen molar-refractivity contribution in [2.45, 2.75) is 18.2 Å². The van der Waals surface area contributed by atoms with Crippen LogP contribution in [0.2, 0.25) is 10.0 Å². The summed E-state index contributed by atoms with van der Waals surface area (Å²) in [6, 6.07) is 18.1. The van der Waals surface area contributed by atoms with Gasteiger partial charge in [-0.15, -0.1) is 0 Å². The molecular weight excluding hydrogens is 443 g/mol. The van der Waals surface area contributed by atoms with Crippen LogP contribution in [0, 0.1) is 6.92 Å². The Bertz CT molecular complexity index is 1160. The fourth-order valence-corrected chi connectivity index (χ4v) is 4.33. The molecule has 0 bridgehead atoms. The number of anilines is 2. The average molecular weight is 463 g/mol. The van der Waals surface area contributed by atoms with Crippen LogP contribution in [0.5, 0.6) is 0 Å². The number of nitrogens with one attached hydrogen (secondary N) is 1. The first-order chi connectivity index (χ1) is 14.2. The number of amides is 1. The summed E-state index contributed by atoms with van der Waals surface area (Å²) in [4.78, 5) is 12.5. The third kappa shape index (κ3) is 5.14. The van der Waals surface area contributed by atoms with Gasteiger partial charge in [0.15, 0.2) is 0 Å². The largest absolute Gasteiger partial charge is 0.326 e. The maximum Gasteiger partial charge on any atom is 0.264 e. The minimum atomic E-state index is -3.71. The lowest BCUT2D eigenvalue weighted by Crippen LogP contribution is -2.26. The number of sulfonamides is 1. The van der Waals surface area contributed by atoms with Crippen molar-refractivity contribution < 1.29 is 13.2 Å². The van der Waals surface area contributed by atoms with Gasteiger partial charge in [-0.1, -0.05) is 41.4 Å². The molecule has 0 heterocycles. The van der Waals surface area contributed by atoms with E-state index in [0.717, 1.165) is 11.1 Å². The van der Waals surface area contributed by atoms with Crippen LogP contribution in [-0.2, 0) is 21.2 Å². The van der Waals surface area contributed by atoms with Gasteiger partial charge in [0.2, 0.25) is 5.91 Å². The zero-order chi connectivity index (χ0) is 21.9. The van der Waals surface area contributed by atoms with E-state index in [1.165, 1.54) is 35.6 Å². The van der Waals surface area contributed by atoms with Crippen LogP contribution < -0.4 is 9.62 Å². The number of rotatable bonds is 6. The quantitative estimate of drug-likeness (QED) is 0.539. The van der Waals surface area contributed by atoms with E-state index in [2.05, 4.69) is 5.32 Å². The fourth-order valence-electron chi connectivity index (χ4n) is 2.84. The van der Waals surface area contributed by atoms with E-state index in [4.69, 9.17) is 23.2 Å². The normalized spacial score (nSPS) is 11.2. The molecule has 1 N–H and O–H groups in total. The summed E-state index contributed by atoms with van der Waals surface area (Å²) >= 11 is 11.8. The smallest absolute Gasteiger partial charge is 0.264 e. The highest BCUT2D eigenvalue weighted by atomic mass is 35.5. The zero-order valence-electron chi connectivity index (χ0n) is 16.4. The van der Waals surface area contributed by atoms with Gasteiger partial charge < -0.3 is 5.32 Å². The van der Waals surface area contributed by atoms with Crippen molar-refractivity contribution in [3.8, 4) is 0 Å². The highest BCUT2D eigenvalue weighted by Gasteiger charge is 2.21. The Morgan fingerprint density at radius 2 is 1.53 bits per heavy atom. The van der Waals surface area contributed by atoms with E-state index >= 15 is 0 Å². The van der Waals surface area contributed by atoms with Crippen molar-refractivity contribution in [1.29, 1.82) is 0 Å². The molecule has 0 aliphatic rings. The number of nitrogens with zero attached hydrogens (tertiary/aromatic N) is 1. The molecular formula is C22H20Cl2N2O3S. The summed E-state index contributed by atoms with van der Waals surface area (Å²) in [5, 5.41) is 3.86. The maximum atomic E-state index is 12.8. The van der Waals surface area contributed by atoms with Crippen LogP contribution in [0.3, 0.4) is 0 Å². The van der Waals surface area contributed by atoms with Gasteiger partial charge in [0.05, 0.1) is 17.0 Å². The summed E-state index contributed by atoms with van der Waals surface area (Å²) in [7, 11) is -2.23. The third-order valence-electron chi connectivity index (χ3n) is 4.61. The van der Waals surface area contributed by atoms with Gasteiger partial charge in [-0.25, -0.2) is 8.42 Å². The highest BCUT2D eigenvalue weighted by molar-refractivity contribution is 7.92. The molecule has 3 rings (SSSR count). The van der Waals surface area contributed by atoms with Crippen LogP contribution in [0.15, 0.2) is 71.6 Å². The van der Waals surface area contributed by atoms with Gasteiger partial charge >= 0.3 is 0 Å². The molecule has 0 saturated heterocycles. The van der Waals surface area contributed by atoms with Crippen molar-refractivity contribution in [2.75, 3.05) is 16.7 Å². The molecule has 0 aliphatic heterocycles. The van der Waals surface area contributed by atoms with E-state index in [1.807, 2.05) is 13.0 Å². The molecule has 0 unspecified atom stereocenters. The van der Waals surface area contributed by atoms with Gasteiger partial charge in [0, 0.05) is 22.8 Å². The van der Waals surface area contributed by atoms with Gasteiger partial charge in [0.25, 0.3) is 10.0 Å². The molecule has 0 spiro atoms. The first-order valence-electron chi connectivity index (χ1n) is 9.06. The number of aryl methyl sites for hydroxylation is 1. The van der Waals surface area contributed by atoms with E-state index in [1.54, 1.807) is 36.4 Å². The topological polar surface area (TPSA) is 66.5 Å². The second kappa shape index (κ2) is 9.08. The number of benzene rings is 3. The van der Waals surface area contributed by atoms with Crippen LogP contribution in [0.25, 0.3) is 0 Å². The maximum absolute atomic E-state index is 12.8. The molecule has 5 nitrogen and oxygen atoms in total. The number of halogens is 2. The zero-order valence-corrected chi connectivity index (χ0v) is 18.7. The molecule has 30 heavy (non-hydrogen) atoms. The number of carbonyl (C=O) groups is 1. The summed E-state index contributed by atoms with van der Waals surface area (Å²) in [5.74, 6) is -0.185. The Labute approximate surface area is 186 Å². The summed E-state index contributed by atoms with van der Waals surface area (Å²) in [5.41, 5.74) is 2.82. The number of hydrogen-bond acceptors (Lipinski definition) is 3. The van der Waals surface area contributed by atoms with Crippen molar-refractivity contribution in [2.24, 2.45) is 0 Å². The van der Waals surface area contributed by atoms with Gasteiger partial charge in [0.1, 0.15) is 0 Å². The molecule has 0 aliphatic carbocycles. The third-order valence-corrected chi connectivity index (χ3v) is 6.90. The van der Waals surface area contributed by atoms with Crippen molar-refractivity contribution in [1.82, 2.24) is 0 Å². The Morgan fingerprint density at radius 3 is 2.17 bits per heavy atom. The summed E-state index contributed by atoms with van der Waals surface area (Å²) < 4.78 is 26.7. The minimum absolute atomic E-state index is 0.148. The molecule has 0 saturated carbocycles. The molecule has 0 atom stereocenters. The Morgan fingerprint density at radius 1 is 0.933 bits per heavy atom. The standard InChI is InChI=1S/C22H20Cl2N2O3S/c1-15-3-6-18(24)14-21(15)25-22(27)13-16-4-9-19(10-5-16)26(2)30(28,29)20-11-7-17(23)8-12-20/h3-12,14H,13H2,1-2H3,(H,25,27). The van der Waals surface area contributed by atoms with E-state index in [9.17, 15) is 13.2 Å². The summed E-state index contributed by atoms with van der Waals surface area (Å²) in [6.45, 7) is 1.89. The van der Waals surface area contributed by atoms with Crippen LogP contribution in [0.4, 0.5) is 11.4 Å². The molecule has 0 fully saturated rings. The predicted octanol–water partition coefficient (Wildman–Crippen LogP) is 5.31. The lowest BCUT2D eigenvalue weighted by Gasteiger charge is -2.20. The van der Waals surface area contributed by atoms with Crippen LogP contribution in [0.1, 0.15) is 11.1 Å². The number of carbonyl (C=O) groups excluding carboxylic acids is 1. The lowest BCUT2D eigenvalue weighted by molar-refractivity contribution is -0.115. The van der Waals surface area contributed by atoms with Crippen LogP contribution in [-0.4, -0.2) is 21.4 Å². The average Bonchev–Trinajstić information content (AvgIpc) is 2.71. The number of hydrogen-bond donors (Lipinski definition) is 1. The Kier molecular flexibility index (Phi) is 6.71. The fraction of sp³-hybridized carbons (Fsp3) is 0.136. The molecule has 156 valence electrons. The van der Waals surface area contributed by atoms with Gasteiger partial charge in [-0.05, 0) is 66.6 Å².